The molecule has 1 aromatic carbocycles. The lowest BCUT2D eigenvalue weighted by Crippen LogP contribution is -2.08. The molecule has 0 bridgehead atoms. The first-order valence-electron chi connectivity index (χ1n) is 5.79. The van der Waals surface area contributed by atoms with E-state index in [4.69, 9.17) is 28.9 Å². The van der Waals surface area contributed by atoms with Crippen LogP contribution in [0.3, 0.4) is 0 Å². The van der Waals surface area contributed by atoms with E-state index in [0.29, 0.717) is 32.5 Å². The lowest BCUT2D eigenvalue weighted by Gasteiger charge is -2.08. The Hall–Kier alpha value is -1.28. The van der Waals surface area contributed by atoms with Crippen molar-refractivity contribution < 1.29 is 0 Å². The quantitative estimate of drug-likeness (QED) is 0.782. The molecule has 0 saturated heterocycles. The predicted molar refractivity (Wildman–Crippen MR) is 79.7 cm³/mol. The average molecular weight is 329 g/mol. The number of halogens is 2. The maximum atomic E-state index is 6.29. The second-order valence-electron chi connectivity index (χ2n) is 4.41. The Bertz CT molecular complexity index is 794. The van der Waals surface area contributed by atoms with E-state index in [1.807, 2.05) is 13.8 Å². The van der Waals surface area contributed by atoms with Crippen molar-refractivity contribution in [3.8, 4) is 5.69 Å². The molecule has 6 nitrogen and oxygen atoms in total. The zero-order chi connectivity index (χ0) is 14.4. The Balaban J connectivity index is 2.32. The van der Waals surface area contributed by atoms with Gasteiger partial charge in [0.15, 0.2) is 0 Å². The lowest BCUT2D eigenvalue weighted by molar-refractivity contribution is 0.757. The molecule has 1 atom stereocenters. The van der Waals surface area contributed by atoms with Crippen molar-refractivity contribution in [2.24, 2.45) is 5.73 Å². The van der Waals surface area contributed by atoms with Crippen LogP contribution in [0.2, 0.25) is 10.0 Å². The summed E-state index contributed by atoms with van der Waals surface area (Å²) in [5.41, 5.74) is 9.23. The van der Waals surface area contributed by atoms with E-state index in [1.165, 1.54) is 0 Å². The number of hydrogen-bond acceptors (Lipinski definition) is 6. The molecule has 9 heteroatoms. The fourth-order valence-electron chi connectivity index (χ4n) is 2.04. The normalized spacial score (nSPS) is 13.1. The minimum absolute atomic E-state index is 0.209. The number of aromatic nitrogens is 5. The van der Waals surface area contributed by atoms with Gasteiger partial charge in [0.25, 0.3) is 0 Å². The highest BCUT2D eigenvalue weighted by atomic mass is 35.5. The SMILES string of the molecule is Cc1c(C(C)N)nnn1-c1c(Cl)cc(Cl)c2nsnc12. The highest BCUT2D eigenvalue weighted by Gasteiger charge is 2.20. The molecule has 104 valence electrons. The summed E-state index contributed by atoms with van der Waals surface area (Å²) in [6, 6.07) is 1.42. The molecular weight excluding hydrogens is 319 g/mol. The fourth-order valence-corrected chi connectivity index (χ4v) is 3.22. The maximum absolute atomic E-state index is 6.29. The van der Waals surface area contributed by atoms with Crippen molar-refractivity contribution >= 4 is 46.0 Å². The van der Waals surface area contributed by atoms with Crippen LogP contribution >= 0.6 is 34.9 Å². The lowest BCUT2D eigenvalue weighted by atomic mass is 10.2. The van der Waals surface area contributed by atoms with Gasteiger partial charge in [-0.3, -0.25) is 0 Å². The van der Waals surface area contributed by atoms with Crippen molar-refractivity contribution in [2.75, 3.05) is 0 Å². The van der Waals surface area contributed by atoms with Crippen LogP contribution in [0.15, 0.2) is 6.07 Å². The number of fused-ring (bicyclic) bond motifs is 1. The Kier molecular flexibility index (Phi) is 3.37. The van der Waals surface area contributed by atoms with Gasteiger partial charge >= 0.3 is 0 Å². The molecule has 0 aliphatic heterocycles. The molecular formula is C11H10Cl2N6S. The van der Waals surface area contributed by atoms with Gasteiger partial charge in [-0.25, -0.2) is 4.68 Å². The number of hydrogen-bond donors (Lipinski definition) is 1. The van der Waals surface area contributed by atoms with Gasteiger partial charge in [0, 0.05) is 6.04 Å². The zero-order valence-electron chi connectivity index (χ0n) is 10.6. The third-order valence-electron chi connectivity index (χ3n) is 2.99. The van der Waals surface area contributed by atoms with Crippen molar-refractivity contribution in [3.63, 3.8) is 0 Å². The largest absolute Gasteiger partial charge is 0.323 e. The minimum atomic E-state index is -0.209. The summed E-state index contributed by atoms with van der Waals surface area (Å²) in [5.74, 6) is 0. The van der Waals surface area contributed by atoms with Crippen LogP contribution in [0.4, 0.5) is 0 Å². The standard InChI is InChI=1S/C11H10Cl2N6S/c1-4(14)8-5(2)19(18-15-8)11-7(13)3-6(12)9-10(11)17-20-16-9/h3-4H,14H2,1-2H3. The Morgan fingerprint density at radius 2 is 1.95 bits per heavy atom. The zero-order valence-corrected chi connectivity index (χ0v) is 13.0. The highest BCUT2D eigenvalue weighted by molar-refractivity contribution is 7.00. The van der Waals surface area contributed by atoms with Gasteiger partial charge in [-0.1, -0.05) is 28.4 Å². The van der Waals surface area contributed by atoms with Crippen molar-refractivity contribution in [2.45, 2.75) is 19.9 Å². The number of nitrogens with zero attached hydrogens (tertiary/aromatic N) is 5. The molecule has 2 aromatic heterocycles. The van der Waals surface area contributed by atoms with Gasteiger partial charge in [-0.05, 0) is 19.9 Å². The third-order valence-corrected chi connectivity index (χ3v) is 4.10. The number of nitrogens with two attached hydrogens (primary N) is 1. The van der Waals surface area contributed by atoms with Crippen LogP contribution in [-0.2, 0) is 0 Å². The summed E-state index contributed by atoms with van der Waals surface area (Å²) < 4.78 is 10.1. The van der Waals surface area contributed by atoms with Crippen molar-refractivity contribution in [3.05, 3.63) is 27.5 Å². The third kappa shape index (κ3) is 1.98. The molecule has 0 spiro atoms. The fraction of sp³-hybridized carbons (Fsp3) is 0.273. The maximum Gasteiger partial charge on any atom is 0.133 e. The molecule has 0 fully saturated rings. The van der Waals surface area contributed by atoms with E-state index in [0.717, 1.165) is 17.4 Å². The average Bonchev–Trinajstić information content (AvgIpc) is 2.97. The van der Waals surface area contributed by atoms with Crippen LogP contribution in [0, 0.1) is 6.92 Å². The van der Waals surface area contributed by atoms with Gasteiger partial charge in [-0.15, -0.1) is 5.10 Å². The van der Waals surface area contributed by atoms with Crippen LogP contribution in [0.1, 0.15) is 24.4 Å². The van der Waals surface area contributed by atoms with E-state index in [9.17, 15) is 0 Å². The van der Waals surface area contributed by atoms with Gasteiger partial charge in [0.05, 0.1) is 27.5 Å². The molecule has 2 heterocycles. The van der Waals surface area contributed by atoms with Crippen molar-refractivity contribution in [1.82, 2.24) is 23.7 Å². The van der Waals surface area contributed by atoms with E-state index in [2.05, 4.69) is 19.1 Å². The summed E-state index contributed by atoms with van der Waals surface area (Å²) >= 11 is 13.5. The molecule has 0 aliphatic rings. The van der Waals surface area contributed by atoms with Crippen LogP contribution in [-0.4, -0.2) is 23.7 Å². The van der Waals surface area contributed by atoms with Crippen LogP contribution < -0.4 is 5.73 Å². The number of rotatable bonds is 2. The molecule has 2 N–H and O–H groups in total. The summed E-state index contributed by atoms with van der Waals surface area (Å²) in [6.07, 6.45) is 0. The summed E-state index contributed by atoms with van der Waals surface area (Å²) in [5, 5.41) is 9.13. The Morgan fingerprint density at radius 3 is 2.60 bits per heavy atom. The summed E-state index contributed by atoms with van der Waals surface area (Å²) in [7, 11) is 0. The number of benzene rings is 1. The van der Waals surface area contributed by atoms with E-state index >= 15 is 0 Å². The van der Waals surface area contributed by atoms with Gasteiger partial charge in [-0.2, -0.15) is 8.75 Å². The smallest absolute Gasteiger partial charge is 0.133 e. The predicted octanol–water partition coefficient (Wildman–Crippen LogP) is 2.91. The summed E-state index contributed by atoms with van der Waals surface area (Å²) in [6.45, 7) is 3.74. The van der Waals surface area contributed by atoms with E-state index < -0.39 is 0 Å². The first kappa shape index (κ1) is 13.7. The summed E-state index contributed by atoms with van der Waals surface area (Å²) in [4.78, 5) is 0. The van der Waals surface area contributed by atoms with Crippen molar-refractivity contribution in [1.29, 1.82) is 0 Å². The first-order chi connectivity index (χ1) is 9.50. The van der Waals surface area contributed by atoms with E-state index in [-0.39, 0.29) is 6.04 Å². The second-order valence-corrected chi connectivity index (χ2v) is 5.75. The van der Waals surface area contributed by atoms with Gasteiger partial charge < -0.3 is 5.73 Å². The van der Waals surface area contributed by atoms with Gasteiger partial charge in [0.1, 0.15) is 22.4 Å². The molecule has 0 aliphatic carbocycles. The molecule has 0 radical (unpaired) electrons. The second kappa shape index (κ2) is 4.92. The Morgan fingerprint density at radius 1 is 1.25 bits per heavy atom. The minimum Gasteiger partial charge on any atom is -0.323 e. The highest BCUT2D eigenvalue weighted by Crippen LogP contribution is 2.34. The van der Waals surface area contributed by atoms with E-state index in [1.54, 1.807) is 10.7 Å². The molecule has 20 heavy (non-hydrogen) atoms. The topological polar surface area (TPSA) is 82.5 Å². The molecule has 3 rings (SSSR count). The molecule has 0 saturated carbocycles. The monoisotopic (exact) mass is 328 g/mol. The van der Waals surface area contributed by atoms with Crippen LogP contribution in [0.25, 0.3) is 16.7 Å². The molecule has 3 aromatic rings. The molecule has 0 amide bonds. The van der Waals surface area contributed by atoms with Crippen LogP contribution in [0.5, 0.6) is 0 Å². The first-order valence-corrected chi connectivity index (χ1v) is 7.27. The van der Waals surface area contributed by atoms with Gasteiger partial charge in [0.2, 0.25) is 0 Å². The molecule has 1 unspecified atom stereocenters. The Labute approximate surface area is 128 Å².